The van der Waals surface area contributed by atoms with Gasteiger partial charge in [0.1, 0.15) is 0 Å². The third kappa shape index (κ3) is 3.90. The molecule has 0 saturated carbocycles. The normalized spacial score (nSPS) is 11.6. The van der Waals surface area contributed by atoms with Crippen LogP contribution in [0.1, 0.15) is 24.5 Å². The number of aromatic nitrogens is 2. The van der Waals surface area contributed by atoms with Gasteiger partial charge in [0.05, 0.1) is 27.6 Å². The number of nitrogens with two attached hydrogens (primary N) is 1. The molecule has 26 heavy (non-hydrogen) atoms. The predicted molar refractivity (Wildman–Crippen MR) is 102 cm³/mol. The molecular weight excluding hydrogens is 368 g/mol. The van der Waals surface area contributed by atoms with E-state index in [4.69, 9.17) is 10.4 Å². The van der Waals surface area contributed by atoms with Crippen LogP contribution in [0.5, 0.6) is 0 Å². The number of thioether (sulfide) groups is 1. The number of hydrogen-bond donors (Lipinski definition) is 1. The lowest BCUT2D eigenvalue weighted by Gasteiger charge is -2.07. The summed E-state index contributed by atoms with van der Waals surface area (Å²) >= 11 is 1.56. The van der Waals surface area contributed by atoms with E-state index in [0.29, 0.717) is 16.8 Å². The summed E-state index contributed by atoms with van der Waals surface area (Å²) in [5.74, 6) is 0.671. The van der Waals surface area contributed by atoms with E-state index in [2.05, 4.69) is 22.5 Å². The zero-order valence-electron chi connectivity index (χ0n) is 14.2. The van der Waals surface area contributed by atoms with Gasteiger partial charge < -0.3 is 4.57 Å². The van der Waals surface area contributed by atoms with E-state index in [1.165, 1.54) is 12.1 Å². The molecule has 0 unspecified atom stereocenters. The quantitative estimate of drug-likeness (QED) is 0.655. The summed E-state index contributed by atoms with van der Waals surface area (Å²) in [6.45, 7) is 2.86. The van der Waals surface area contributed by atoms with Crippen molar-refractivity contribution in [2.45, 2.75) is 35.7 Å². The number of benzene rings is 2. The molecule has 0 fully saturated rings. The molecule has 0 amide bonds. The minimum absolute atomic E-state index is 0.0596. The third-order valence-corrected chi connectivity index (χ3v) is 5.84. The van der Waals surface area contributed by atoms with Crippen LogP contribution in [0.15, 0.2) is 52.5 Å². The maximum atomic E-state index is 11.6. The second kappa shape index (κ2) is 7.50. The van der Waals surface area contributed by atoms with Crippen molar-refractivity contribution in [2.75, 3.05) is 0 Å². The molecule has 0 radical (unpaired) electrons. The molecule has 6 nitrogen and oxygen atoms in total. The number of nitrogens with zero attached hydrogens (tertiary/aromatic N) is 3. The SMILES string of the molecule is CCCn1c(SCc2cccc(C#N)c2)nc2cc(S(N)(=O)=O)ccc21. The molecule has 3 aromatic rings. The van der Waals surface area contributed by atoms with Crippen LogP contribution in [0.25, 0.3) is 11.0 Å². The van der Waals surface area contributed by atoms with Gasteiger partial charge in [-0.05, 0) is 42.3 Å². The smallest absolute Gasteiger partial charge is 0.238 e. The van der Waals surface area contributed by atoms with Gasteiger partial charge in [-0.25, -0.2) is 18.5 Å². The van der Waals surface area contributed by atoms with Gasteiger partial charge in [0.25, 0.3) is 0 Å². The Morgan fingerprint density at radius 1 is 1.27 bits per heavy atom. The Hall–Kier alpha value is -2.34. The summed E-state index contributed by atoms with van der Waals surface area (Å²) in [6, 6.07) is 14.4. The van der Waals surface area contributed by atoms with Crippen molar-refractivity contribution < 1.29 is 8.42 Å². The number of imidazole rings is 1. The number of hydrogen-bond acceptors (Lipinski definition) is 5. The highest BCUT2D eigenvalue weighted by Gasteiger charge is 2.15. The molecule has 8 heteroatoms. The molecule has 0 aliphatic heterocycles. The van der Waals surface area contributed by atoms with Crippen molar-refractivity contribution in [1.29, 1.82) is 5.26 Å². The van der Waals surface area contributed by atoms with Crippen LogP contribution in [0.4, 0.5) is 0 Å². The molecule has 0 aliphatic carbocycles. The van der Waals surface area contributed by atoms with Gasteiger partial charge in [0.15, 0.2) is 5.16 Å². The first kappa shape index (κ1) is 18.5. The molecule has 0 saturated heterocycles. The van der Waals surface area contributed by atoms with Crippen LogP contribution in [-0.2, 0) is 22.3 Å². The minimum Gasteiger partial charge on any atom is -0.319 e. The van der Waals surface area contributed by atoms with Crippen LogP contribution in [0.2, 0.25) is 0 Å². The maximum absolute atomic E-state index is 11.6. The second-order valence-corrected chi connectivity index (χ2v) is 8.35. The molecule has 0 aliphatic rings. The summed E-state index contributed by atoms with van der Waals surface area (Å²) in [7, 11) is -3.76. The largest absolute Gasteiger partial charge is 0.319 e. The lowest BCUT2D eigenvalue weighted by atomic mass is 10.2. The van der Waals surface area contributed by atoms with E-state index in [0.717, 1.165) is 29.2 Å². The van der Waals surface area contributed by atoms with E-state index < -0.39 is 10.0 Å². The summed E-state index contributed by atoms with van der Waals surface area (Å²) in [4.78, 5) is 4.66. The van der Waals surface area contributed by atoms with Crippen molar-refractivity contribution in [3.05, 3.63) is 53.6 Å². The zero-order chi connectivity index (χ0) is 18.7. The van der Waals surface area contributed by atoms with Crippen LogP contribution in [-0.4, -0.2) is 18.0 Å². The van der Waals surface area contributed by atoms with E-state index in [-0.39, 0.29) is 4.90 Å². The Bertz CT molecular complexity index is 1100. The molecule has 134 valence electrons. The van der Waals surface area contributed by atoms with Gasteiger partial charge in [0, 0.05) is 12.3 Å². The van der Waals surface area contributed by atoms with Crippen molar-refractivity contribution in [1.82, 2.24) is 9.55 Å². The fourth-order valence-corrected chi connectivity index (χ4v) is 4.21. The van der Waals surface area contributed by atoms with Gasteiger partial charge in [-0.1, -0.05) is 30.8 Å². The molecule has 0 bridgehead atoms. The summed E-state index contributed by atoms with van der Waals surface area (Å²) in [5.41, 5.74) is 3.16. The number of nitriles is 1. The molecule has 1 aromatic heterocycles. The molecule has 1 heterocycles. The maximum Gasteiger partial charge on any atom is 0.238 e. The molecule has 2 aromatic carbocycles. The summed E-state index contributed by atoms with van der Waals surface area (Å²) in [6.07, 6.45) is 0.930. The molecule has 0 spiro atoms. The Morgan fingerprint density at radius 3 is 2.77 bits per heavy atom. The highest BCUT2D eigenvalue weighted by Crippen LogP contribution is 2.28. The van der Waals surface area contributed by atoms with Crippen molar-refractivity contribution in [3.63, 3.8) is 0 Å². The lowest BCUT2D eigenvalue weighted by Crippen LogP contribution is -2.11. The van der Waals surface area contributed by atoms with Crippen LogP contribution >= 0.6 is 11.8 Å². The molecular formula is C18H18N4O2S2. The van der Waals surface area contributed by atoms with Crippen molar-refractivity contribution in [2.24, 2.45) is 5.14 Å². The first-order valence-corrected chi connectivity index (χ1v) is 10.6. The van der Waals surface area contributed by atoms with Crippen LogP contribution in [0, 0.1) is 11.3 Å². The number of aryl methyl sites for hydroxylation is 1. The zero-order valence-corrected chi connectivity index (χ0v) is 15.8. The molecule has 2 N–H and O–H groups in total. The van der Waals surface area contributed by atoms with E-state index in [1.54, 1.807) is 23.9 Å². The van der Waals surface area contributed by atoms with E-state index in [1.807, 2.05) is 18.2 Å². The lowest BCUT2D eigenvalue weighted by molar-refractivity contribution is 0.598. The fourth-order valence-electron chi connectivity index (χ4n) is 2.69. The predicted octanol–water partition coefficient (Wildman–Crippen LogP) is 3.26. The Morgan fingerprint density at radius 2 is 2.08 bits per heavy atom. The Kier molecular flexibility index (Phi) is 5.32. The molecule has 0 atom stereocenters. The minimum atomic E-state index is -3.76. The van der Waals surface area contributed by atoms with Crippen LogP contribution < -0.4 is 5.14 Å². The van der Waals surface area contributed by atoms with Gasteiger partial charge in [-0.2, -0.15) is 5.26 Å². The van der Waals surface area contributed by atoms with Gasteiger partial charge in [0.2, 0.25) is 10.0 Å². The van der Waals surface area contributed by atoms with Gasteiger partial charge in [-0.3, -0.25) is 0 Å². The Balaban J connectivity index is 1.96. The van der Waals surface area contributed by atoms with Crippen LogP contribution in [0.3, 0.4) is 0 Å². The number of sulfonamides is 1. The number of primary sulfonamides is 1. The average molecular weight is 387 g/mol. The Labute approximate surface area is 156 Å². The monoisotopic (exact) mass is 386 g/mol. The van der Waals surface area contributed by atoms with Crippen molar-refractivity contribution >= 4 is 32.8 Å². The van der Waals surface area contributed by atoms with Gasteiger partial charge in [-0.15, -0.1) is 0 Å². The standard InChI is InChI=1S/C18H18N4O2S2/c1-2-8-22-17-7-6-15(26(20,23)24)10-16(17)21-18(22)25-12-14-5-3-4-13(9-14)11-19/h3-7,9-10H,2,8,12H2,1H3,(H2,20,23,24). The fraction of sp³-hybridized carbons (Fsp3) is 0.222. The second-order valence-electron chi connectivity index (χ2n) is 5.84. The number of fused-ring (bicyclic) bond motifs is 1. The summed E-state index contributed by atoms with van der Waals surface area (Å²) in [5, 5.41) is 15.1. The van der Waals surface area contributed by atoms with E-state index >= 15 is 0 Å². The van der Waals surface area contributed by atoms with Gasteiger partial charge >= 0.3 is 0 Å². The van der Waals surface area contributed by atoms with Crippen molar-refractivity contribution in [3.8, 4) is 6.07 Å². The van der Waals surface area contributed by atoms with E-state index in [9.17, 15) is 8.42 Å². The highest BCUT2D eigenvalue weighted by atomic mass is 32.2. The number of rotatable bonds is 6. The first-order chi connectivity index (χ1) is 12.4. The highest BCUT2D eigenvalue weighted by molar-refractivity contribution is 7.98. The topological polar surface area (TPSA) is 102 Å². The molecule has 3 rings (SSSR count). The summed E-state index contributed by atoms with van der Waals surface area (Å²) < 4.78 is 25.2. The third-order valence-electron chi connectivity index (χ3n) is 3.88. The first-order valence-electron chi connectivity index (χ1n) is 8.07. The average Bonchev–Trinajstić information content (AvgIpc) is 2.97.